The zero-order chi connectivity index (χ0) is 18.5. The maximum Gasteiger partial charge on any atom is 0.209 e. The second-order valence-corrected chi connectivity index (χ2v) is 7.54. The first kappa shape index (κ1) is 18.5. The van der Waals surface area contributed by atoms with Crippen LogP contribution in [0.3, 0.4) is 0 Å². The van der Waals surface area contributed by atoms with Gasteiger partial charge in [0.1, 0.15) is 12.4 Å². The lowest BCUT2D eigenvalue weighted by atomic mass is 10.1. The Balaban J connectivity index is 1.56. The lowest BCUT2D eigenvalue weighted by molar-refractivity contribution is 0.0994. The third-order valence-corrected chi connectivity index (χ3v) is 4.90. The van der Waals surface area contributed by atoms with Crippen LogP contribution in [0.25, 0.3) is 0 Å². The van der Waals surface area contributed by atoms with Crippen LogP contribution in [0.5, 0.6) is 5.75 Å². The van der Waals surface area contributed by atoms with E-state index in [2.05, 4.69) is 15.2 Å². The summed E-state index contributed by atoms with van der Waals surface area (Å²) in [4.78, 5) is 16.8. The Morgan fingerprint density at radius 3 is 2.58 bits per heavy atom. The number of carbonyl (C=O) groups excluding carboxylic acids is 1. The van der Waals surface area contributed by atoms with Gasteiger partial charge in [0.05, 0.1) is 5.25 Å². The number of hydrogen-bond donors (Lipinski definition) is 1. The van der Waals surface area contributed by atoms with Gasteiger partial charge in [-0.3, -0.25) is 9.89 Å². The Labute approximate surface area is 161 Å². The summed E-state index contributed by atoms with van der Waals surface area (Å²) in [6.07, 6.45) is 0. The van der Waals surface area contributed by atoms with Gasteiger partial charge in [-0.1, -0.05) is 53.2 Å². The second-order valence-electron chi connectivity index (χ2n) is 5.80. The molecule has 0 saturated carbocycles. The normalized spacial score (nSPS) is 12.0. The van der Waals surface area contributed by atoms with Gasteiger partial charge in [0.25, 0.3) is 0 Å². The van der Waals surface area contributed by atoms with Gasteiger partial charge in [-0.05, 0) is 38.1 Å². The summed E-state index contributed by atoms with van der Waals surface area (Å²) < 4.78 is 5.62. The number of carbonyl (C=O) groups is 1. The maximum absolute atomic E-state index is 12.5. The fourth-order valence-electron chi connectivity index (χ4n) is 2.24. The highest BCUT2D eigenvalue weighted by atomic mass is 35.5. The third-order valence-electron chi connectivity index (χ3n) is 3.69. The van der Waals surface area contributed by atoms with E-state index < -0.39 is 0 Å². The number of rotatable bonds is 7. The first-order valence-corrected chi connectivity index (χ1v) is 9.34. The molecule has 1 heterocycles. The van der Waals surface area contributed by atoms with Crippen LogP contribution < -0.4 is 4.74 Å². The van der Waals surface area contributed by atoms with Gasteiger partial charge >= 0.3 is 0 Å². The highest BCUT2D eigenvalue weighted by Crippen LogP contribution is 2.23. The van der Waals surface area contributed by atoms with Crippen molar-refractivity contribution in [2.45, 2.75) is 30.9 Å². The molecule has 0 fully saturated rings. The number of hydrogen-bond acceptors (Lipinski definition) is 5. The van der Waals surface area contributed by atoms with E-state index in [1.54, 1.807) is 24.3 Å². The van der Waals surface area contributed by atoms with Crippen molar-refractivity contribution in [3.63, 3.8) is 0 Å². The highest BCUT2D eigenvalue weighted by molar-refractivity contribution is 8.00. The number of nitrogens with one attached hydrogen (secondary N) is 1. The van der Waals surface area contributed by atoms with Crippen LogP contribution in [0.2, 0.25) is 5.02 Å². The Morgan fingerprint density at radius 2 is 1.88 bits per heavy atom. The van der Waals surface area contributed by atoms with Crippen molar-refractivity contribution in [1.29, 1.82) is 0 Å². The molecule has 0 radical (unpaired) electrons. The quantitative estimate of drug-likeness (QED) is 0.469. The number of aryl methyl sites for hydroxylation is 1. The maximum atomic E-state index is 12.5. The van der Waals surface area contributed by atoms with Gasteiger partial charge in [0, 0.05) is 10.6 Å². The van der Waals surface area contributed by atoms with Crippen LogP contribution in [0.4, 0.5) is 0 Å². The molecule has 1 N–H and O–H groups in total. The monoisotopic (exact) mass is 387 g/mol. The topological polar surface area (TPSA) is 67.9 Å². The predicted octanol–water partition coefficient (Wildman–Crippen LogP) is 4.71. The molecule has 1 unspecified atom stereocenters. The van der Waals surface area contributed by atoms with Gasteiger partial charge in [-0.15, -0.1) is 5.10 Å². The van der Waals surface area contributed by atoms with Crippen molar-refractivity contribution in [2.75, 3.05) is 0 Å². The number of ether oxygens (including phenoxy) is 1. The molecule has 0 bridgehead atoms. The van der Waals surface area contributed by atoms with Crippen molar-refractivity contribution in [1.82, 2.24) is 15.2 Å². The molecule has 3 rings (SSSR count). The average Bonchev–Trinajstić information content (AvgIpc) is 3.08. The number of benzene rings is 2. The summed E-state index contributed by atoms with van der Waals surface area (Å²) in [5.74, 6) is 1.35. The van der Waals surface area contributed by atoms with Crippen LogP contribution >= 0.6 is 23.4 Å². The fourth-order valence-corrected chi connectivity index (χ4v) is 3.19. The Kier molecular flexibility index (Phi) is 5.96. The number of halogens is 1. The van der Waals surface area contributed by atoms with E-state index in [0.29, 0.717) is 27.3 Å². The third kappa shape index (κ3) is 4.86. The highest BCUT2D eigenvalue weighted by Gasteiger charge is 2.18. The zero-order valence-corrected chi connectivity index (χ0v) is 16.0. The molecule has 0 aliphatic carbocycles. The molecule has 7 heteroatoms. The summed E-state index contributed by atoms with van der Waals surface area (Å²) in [7, 11) is 0. The molecule has 0 amide bonds. The Hall–Kier alpha value is -2.31. The van der Waals surface area contributed by atoms with Crippen molar-refractivity contribution < 1.29 is 9.53 Å². The van der Waals surface area contributed by atoms with Crippen LogP contribution in [-0.4, -0.2) is 26.2 Å². The summed E-state index contributed by atoms with van der Waals surface area (Å²) in [5.41, 5.74) is 1.82. The molecule has 0 spiro atoms. The van der Waals surface area contributed by atoms with Gasteiger partial charge in [-0.2, -0.15) is 0 Å². The number of H-pyrrole nitrogens is 1. The van der Waals surface area contributed by atoms with Gasteiger partial charge in [-0.25, -0.2) is 4.98 Å². The molecular formula is C19H18ClN3O2S. The minimum absolute atomic E-state index is 0.0544. The van der Waals surface area contributed by atoms with Crippen LogP contribution in [0, 0.1) is 6.92 Å². The lowest BCUT2D eigenvalue weighted by Gasteiger charge is -2.08. The molecular weight excluding hydrogens is 370 g/mol. The van der Waals surface area contributed by atoms with E-state index in [9.17, 15) is 4.79 Å². The number of aromatic nitrogens is 3. The Morgan fingerprint density at radius 1 is 1.19 bits per heavy atom. The van der Waals surface area contributed by atoms with Crippen molar-refractivity contribution in [2.24, 2.45) is 0 Å². The van der Waals surface area contributed by atoms with Crippen LogP contribution in [0.15, 0.2) is 53.7 Å². The van der Waals surface area contributed by atoms with Crippen molar-refractivity contribution in [3.05, 3.63) is 70.5 Å². The molecule has 26 heavy (non-hydrogen) atoms. The van der Waals surface area contributed by atoms with Gasteiger partial charge < -0.3 is 4.74 Å². The largest absolute Gasteiger partial charge is 0.486 e. The number of ketones is 1. The first-order valence-electron chi connectivity index (χ1n) is 8.08. The summed E-state index contributed by atoms with van der Waals surface area (Å²) in [5, 5.41) is 7.88. The number of nitrogens with zero attached hydrogens (tertiary/aromatic N) is 2. The average molecular weight is 388 g/mol. The number of thioether (sulfide) groups is 1. The second kappa shape index (κ2) is 8.38. The fraction of sp³-hybridized carbons (Fsp3) is 0.211. The lowest BCUT2D eigenvalue weighted by Crippen LogP contribution is -2.13. The van der Waals surface area contributed by atoms with E-state index in [4.69, 9.17) is 16.3 Å². The molecule has 1 atom stereocenters. The number of Topliss-reactive ketones (excluding diaryl/α,β-unsaturated/α-hetero) is 1. The standard InChI is InChI=1S/C19H18ClN3O2S/c1-12-3-5-14(6-4-12)18(24)13(2)26-19-21-17(22-23-19)11-25-16-9-7-15(20)8-10-16/h3-10,13H,11H2,1-2H3,(H,21,22,23). The minimum Gasteiger partial charge on any atom is -0.486 e. The Bertz CT molecular complexity index is 879. The molecule has 134 valence electrons. The van der Waals surface area contributed by atoms with E-state index in [0.717, 1.165) is 5.56 Å². The number of aromatic amines is 1. The van der Waals surface area contributed by atoms with Gasteiger partial charge in [0.2, 0.25) is 5.16 Å². The summed E-state index contributed by atoms with van der Waals surface area (Å²) >= 11 is 7.16. The van der Waals surface area contributed by atoms with Crippen LogP contribution in [0.1, 0.15) is 28.7 Å². The van der Waals surface area contributed by atoms with E-state index in [1.807, 2.05) is 38.1 Å². The zero-order valence-electron chi connectivity index (χ0n) is 14.4. The summed E-state index contributed by atoms with van der Waals surface area (Å²) in [6.45, 7) is 4.11. The predicted molar refractivity (Wildman–Crippen MR) is 103 cm³/mol. The smallest absolute Gasteiger partial charge is 0.209 e. The molecule has 5 nitrogen and oxygen atoms in total. The molecule has 3 aromatic rings. The van der Waals surface area contributed by atoms with Crippen LogP contribution in [-0.2, 0) is 6.61 Å². The minimum atomic E-state index is -0.279. The molecule has 0 aliphatic rings. The van der Waals surface area contributed by atoms with Crippen molar-refractivity contribution >= 4 is 29.1 Å². The van der Waals surface area contributed by atoms with E-state index >= 15 is 0 Å². The van der Waals surface area contributed by atoms with Crippen molar-refractivity contribution in [3.8, 4) is 5.75 Å². The first-order chi connectivity index (χ1) is 12.5. The molecule has 0 aliphatic heterocycles. The van der Waals surface area contributed by atoms with E-state index in [-0.39, 0.29) is 17.6 Å². The molecule has 1 aromatic heterocycles. The molecule has 0 saturated heterocycles. The van der Waals surface area contributed by atoms with Gasteiger partial charge in [0.15, 0.2) is 11.6 Å². The summed E-state index contributed by atoms with van der Waals surface area (Å²) in [6, 6.07) is 14.7. The molecule has 2 aromatic carbocycles. The SMILES string of the molecule is Cc1ccc(C(=O)C(C)Sc2n[nH]c(COc3ccc(Cl)cc3)n2)cc1. The van der Waals surface area contributed by atoms with E-state index in [1.165, 1.54) is 11.8 Å².